The Hall–Kier alpha value is -3.48. The molecule has 0 amide bonds. The molecule has 0 fully saturated rings. The van der Waals surface area contributed by atoms with Crippen molar-refractivity contribution in [1.82, 2.24) is 0 Å². The van der Waals surface area contributed by atoms with Crippen LogP contribution in [0.1, 0.15) is 11.1 Å². The fraction of sp³-hybridized carbons (Fsp3) is 0.538. The van der Waals surface area contributed by atoms with Crippen molar-refractivity contribution in [2.45, 2.75) is 49.6 Å². The van der Waals surface area contributed by atoms with Gasteiger partial charge in [-0.1, -0.05) is 0 Å². The maximum atomic E-state index is 14.7. The monoisotopic (exact) mass is 790 g/mol. The highest BCUT2D eigenvalue weighted by Gasteiger charge is 2.68. The third-order valence-corrected chi connectivity index (χ3v) is 6.40. The largest absolute Gasteiger partial charge is 0.478 e. The van der Waals surface area contributed by atoms with Gasteiger partial charge in [0, 0.05) is 11.1 Å². The summed E-state index contributed by atoms with van der Waals surface area (Å²) in [6, 6.07) is 0. The van der Waals surface area contributed by atoms with Crippen LogP contribution in [0.3, 0.4) is 0 Å². The van der Waals surface area contributed by atoms with Crippen molar-refractivity contribution in [2.24, 2.45) is 0 Å². The van der Waals surface area contributed by atoms with Crippen molar-refractivity contribution >= 4 is 0 Å². The molecule has 0 aliphatic rings. The first-order valence-electron chi connectivity index (χ1n) is 12.9. The topological polar surface area (TPSA) is 46.2 Å². The molecule has 0 aliphatic carbocycles. The van der Waals surface area contributed by atoms with Gasteiger partial charge in [0.25, 0.3) is 11.3 Å². The van der Waals surface area contributed by atoms with Crippen LogP contribution in [0.4, 0.5) is 87.8 Å². The van der Waals surface area contributed by atoms with E-state index in [1.54, 1.807) is 0 Å². The second kappa shape index (κ2) is 15.2. The zero-order chi connectivity index (χ0) is 39.7. The molecule has 51 heavy (non-hydrogen) atoms. The molecule has 5 nitrogen and oxygen atoms in total. The molecule has 0 saturated carbocycles. The maximum absolute atomic E-state index is 14.7. The number of hydrogen-bond donors (Lipinski definition) is 0. The summed E-state index contributed by atoms with van der Waals surface area (Å²) in [5.74, 6) is -22.7. The predicted octanol–water partition coefficient (Wildman–Crippen LogP) is 8.65. The van der Waals surface area contributed by atoms with E-state index < -0.39 is 145 Å². The van der Waals surface area contributed by atoms with Gasteiger partial charge in [0.05, 0.1) is 13.2 Å². The Kier molecular flexibility index (Phi) is 13.1. The van der Waals surface area contributed by atoms with E-state index in [0.717, 1.165) is 0 Å². The van der Waals surface area contributed by atoms with Crippen LogP contribution in [0.5, 0.6) is 11.5 Å². The Bertz CT molecular complexity index is 1400. The third kappa shape index (κ3) is 9.13. The van der Waals surface area contributed by atoms with E-state index in [1.807, 2.05) is 0 Å². The highest BCUT2D eigenvalue weighted by atomic mass is 19.3. The fourth-order valence-corrected chi connectivity index (χ4v) is 3.28. The smallest absolute Gasteiger partial charge is 0.399 e. The molecule has 0 radical (unpaired) electrons. The molecule has 0 heterocycles. The van der Waals surface area contributed by atoms with E-state index in [0.29, 0.717) is 13.8 Å². The second-order valence-electron chi connectivity index (χ2n) is 10.2. The maximum Gasteiger partial charge on any atom is 0.399 e. The van der Waals surface area contributed by atoms with Crippen molar-refractivity contribution in [3.63, 3.8) is 0 Å². The lowest BCUT2D eigenvalue weighted by Crippen LogP contribution is -2.61. The summed E-state index contributed by atoms with van der Waals surface area (Å²) >= 11 is 0. The van der Waals surface area contributed by atoms with E-state index in [-0.39, 0.29) is 0 Å². The van der Waals surface area contributed by atoms with E-state index in [1.165, 1.54) is 0 Å². The number of ether oxygens (including phenoxy) is 5. The molecule has 2 atom stereocenters. The van der Waals surface area contributed by atoms with Gasteiger partial charge < -0.3 is 18.9 Å². The van der Waals surface area contributed by atoms with Gasteiger partial charge in [-0.05, 0) is 13.8 Å². The minimum absolute atomic E-state index is 0.494. The number of halogens is 20. The summed E-state index contributed by atoms with van der Waals surface area (Å²) in [5.41, 5.74) is -13.7. The van der Waals surface area contributed by atoms with Crippen molar-refractivity contribution in [1.29, 1.82) is 0 Å². The fourth-order valence-electron chi connectivity index (χ4n) is 3.28. The van der Waals surface area contributed by atoms with Crippen molar-refractivity contribution in [2.75, 3.05) is 39.8 Å². The molecule has 0 N–H and O–H groups in total. The van der Waals surface area contributed by atoms with Crippen LogP contribution in [0.2, 0.25) is 0 Å². The van der Waals surface area contributed by atoms with Crippen molar-refractivity contribution in [3.05, 3.63) is 57.7 Å². The van der Waals surface area contributed by atoms with Crippen LogP contribution >= 0.6 is 0 Å². The summed E-state index contributed by atoms with van der Waals surface area (Å²) in [6.07, 6.45) is -23.8. The van der Waals surface area contributed by atoms with Crippen LogP contribution in [-0.4, -0.2) is 75.5 Å². The van der Waals surface area contributed by atoms with Crippen LogP contribution in [0.15, 0.2) is 0 Å². The van der Waals surface area contributed by atoms with Gasteiger partial charge in [0.1, 0.15) is 13.3 Å². The first kappa shape index (κ1) is 43.7. The zero-order valence-electron chi connectivity index (χ0n) is 24.8. The lowest BCUT2D eigenvalue weighted by molar-refractivity contribution is -0.450. The first-order chi connectivity index (χ1) is 23.0. The Morgan fingerprint density at radius 1 is 0.412 bits per heavy atom. The average molecular weight is 790 g/mol. The molecule has 25 heteroatoms. The average Bonchev–Trinajstić information content (AvgIpc) is 3.05. The SMILES string of the molecule is Cc1c(F)c(F)c(OCC(F)(F)OCC(F)(CF)C(F)(F)OC(F)(F)C(F)(CF)COC(F)(F)COc2c(F)c(F)c(C)c(F)c2F)c(F)c1F. The van der Waals surface area contributed by atoms with Gasteiger partial charge in [0.2, 0.25) is 23.3 Å². The molecule has 0 spiro atoms. The number of rotatable bonds is 18. The van der Waals surface area contributed by atoms with Gasteiger partial charge in [-0.15, -0.1) is 0 Å². The van der Waals surface area contributed by atoms with Gasteiger partial charge in [-0.3, -0.25) is 0 Å². The van der Waals surface area contributed by atoms with E-state index in [2.05, 4.69) is 23.7 Å². The Morgan fingerprint density at radius 2 is 0.667 bits per heavy atom. The summed E-state index contributed by atoms with van der Waals surface area (Å²) in [7, 11) is 0. The Labute approximate surface area is 270 Å². The quantitative estimate of drug-likeness (QED) is 0.112. The summed E-state index contributed by atoms with van der Waals surface area (Å²) in [4.78, 5) is 0. The number of benzene rings is 2. The van der Waals surface area contributed by atoms with Crippen molar-refractivity contribution < 1.29 is 111 Å². The van der Waals surface area contributed by atoms with Gasteiger partial charge in [0.15, 0.2) is 48.0 Å². The zero-order valence-corrected chi connectivity index (χ0v) is 24.8. The number of hydrogen-bond acceptors (Lipinski definition) is 5. The van der Waals surface area contributed by atoms with Gasteiger partial charge in [-0.2, -0.15) is 52.7 Å². The first-order valence-corrected chi connectivity index (χ1v) is 12.9. The summed E-state index contributed by atoms with van der Waals surface area (Å²) < 4.78 is 295. The third-order valence-electron chi connectivity index (χ3n) is 6.40. The molecular weight excluding hydrogens is 772 g/mol. The van der Waals surface area contributed by atoms with E-state index in [9.17, 15) is 87.8 Å². The Morgan fingerprint density at radius 3 is 0.902 bits per heavy atom. The normalized spacial score (nSPS) is 15.5. The molecule has 2 unspecified atom stereocenters. The minimum Gasteiger partial charge on any atom is -0.478 e. The second-order valence-corrected chi connectivity index (χ2v) is 10.2. The molecular formula is C26H18F20O5. The predicted molar refractivity (Wildman–Crippen MR) is 125 cm³/mol. The van der Waals surface area contributed by atoms with Crippen LogP contribution in [0.25, 0.3) is 0 Å². The minimum atomic E-state index is -6.59. The molecule has 292 valence electrons. The lowest BCUT2D eigenvalue weighted by atomic mass is 10.1. The van der Waals surface area contributed by atoms with Crippen LogP contribution in [-0.2, 0) is 14.2 Å². The van der Waals surface area contributed by atoms with Crippen LogP contribution in [0, 0.1) is 60.4 Å². The number of alkyl halides is 12. The molecule has 2 rings (SSSR count). The van der Waals surface area contributed by atoms with E-state index >= 15 is 0 Å². The van der Waals surface area contributed by atoms with Crippen LogP contribution < -0.4 is 9.47 Å². The highest BCUT2D eigenvalue weighted by molar-refractivity contribution is 5.34. The summed E-state index contributed by atoms with van der Waals surface area (Å²) in [6.45, 7) is -17.2. The molecule has 0 aliphatic heterocycles. The molecule has 0 saturated heterocycles. The molecule has 0 aromatic heterocycles. The Balaban J connectivity index is 2.17. The summed E-state index contributed by atoms with van der Waals surface area (Å²) in [5, 5.41) is 0. The lowest BCUT2D eigenvalue weighted by Gasteiger charge is -2.37. The molecule has 0 bridgehead atoms. The van der Waals surface area contributed by atoms with Crippen molar-refractivity contribution in [3.8, 4) is 11.5 Å². The molecule has 2 aromatic carbocycles. The van der Waals surface area contributed by atoms with Gasteiger partial charge in [-0.25, -0.2) is 39.9 Å². The highest BCUT2D eigenvalue weighted by Crippen LogP contribution is 2.45. The van der Waals surface area contributed by atoms with Gasteiger partial charge >= 0.3 is 24.4 Å². The standard InChI is InChI=1S/C26H18F20O5/c1-9-11(29)15(33)19(16(34)12(9)30)47-7-23(39,40)49-5-21(37,3-27)25(43,44)51-26(45,46)22(38,4-28)6-50-24(41,42)8-48-20-17(35)13(31)10(2)14(32)18(20)36/h3-8H2,1-2H3. The molecule has 2 aromatic rings. The van der Waals surface area contributed by atoms with E-state index in [4.69, 9.17) is 0 Å².